The Morgan fingerprint density at radius 2 is 2.05 bits per heavy atom. The van der Waals surface area contributed by atoms with Crippen LogP contribution in [0.15, 0.2) is 24.3 Å². The average molecular weight is 264 g/mol. The van der Waals surface area contributed by atoms with E-state index in [1.165, 1.54) is 0 Å². The lowest BCUT2D eigenvalue weighted by Gasteiger charge is -2.51. The third-order valence-corrected chi connectivity index (χ3v) is 4.16. The highest BCUT2D eigenvalue weighted by atomic mass is 16.6. The summed E-state index contributed by atoms with van der Waals surface area (Å²) in [6, 6.07) is 7.10. The van der Waals surface area contributed by atoms with E-state index in [4.69, 9.17) is 4.74 Å². The summed E-state index contributed by atoms with van der Waals surface area (Å²) in [4.78, 5) is 10.2. The van der Waals surface area contributed by atoms with Crippen LogP contribution in [0.25, 0.3) is 0 Å². The normalized spacial score (nSPS) is 24.8. The van der Waals surface area contributed by atoms with Crippen LogP contribution in [0.3, 0.4) is 0 Å². The number of ether oxygens (including phenoxy) is 1. The molecule has 2 atom stereocenters. The molecule has 1 saturated carbocycles. The van der Waals surface area contributed by atoms with Crippen LogP contribution in [0, 0.1) is 15.5 Å². The molecule has 0 heterocycles. The molecule has 2 unspecified atom stereocenters. The van der Waals surface area contributed by atoms with E-state index < -0.39 is 0 Å². The second-order valence-electron chi connectivity index (χ2n) is 5.64. The summed E-state index contributed by atoms with van der Waals surface area (Å²) in [6.07, 6.45) is 1.32. The molecule has 1 aliphatic carbocycles. The zero-order chi connectivity index (χ0) is 14.0. The van der Waals surface area contributed by atoms with Crippen LogP contribution in [0.2, 0.25) is 0 Å². The lowest BCUT2D eigenvalue weighted by Crippen LogP contribution is -2.60. The number of nitro groups is 1. The van der Waals surface area contributed by atoms with Crippen LogP contribution in [0.4, 0.5) is 5.69 Å². The van der Waals surface area contributed by atoms with E-state index in [1.54, 1.807) is 31.4 Å². The molecule has 1 fully saturated rings. The molecule has 0 amide bonds. The molecule has 0 aromatic heterocycles. The molecule has 0 aliphatic heterocycles. The van der Waals surface area contributed by atoms with Crippen molar-refractivity contribution in [2.24, 2.45) is 5.41 Å². The first-order valence-electron chi connectivity index (χ1n) is 6.44. The van der Waals surface area contributed by atoms with Crippen LogP contribution in [0.1, 0.15) is 25.8 Å². The average Bonchev–Trinajstić information content (AvgIpc) is 2.38. The zero-order valence-corrected chi connectivity index (χ0v) is 11.6. The number of rotatable bonds is 5. The number of nitrogens with zero attached hydrogens (tertiary/aromatic N) is 1. The number of hydrogen-bond donors (Lipinski definition) is 1. The van der Waals surface area contributed by atoms with Gasteiger partial charge in [-0.15, -0.1) is 0 Å². The van der Waals surface area contributed by atoms with Crippen molar-refractivity contribution >= 4 is 5.69 Å². The van der Waals surface area contributed by atoms with Gasteiger partial charge in [-0.2, -0.15) is 0 Å². The number of non-ortho nitro benzene ring substituents is 1. The standard InChI is InChI=1S/C14H20N2O3/c1-14(2)12(8-13(14)19-3)15-9-10-4-6-11(7-5-10)16(17)18/h4-7,12-13,15H,8-9H2,1-3H3. The zero-order valence-electron chi connectivity index (χ0n) is 11.6. The Kier molecular flexibility index (Phi) is 3.87. The molecule has 5 heteroatoms. The number of nitrogens with one attached hydrogen (secondary N) is 1. The molecule has 0 spiro atoms. The molecule has 1 aliphatic rings. The van der Waals surface area contributed by atoms with E-state index in [2.05, 4.69) is 19.2 Å². The summed E-state index contributed by atoms with van der Waals surface area (Å²) in [5.74, 6) is 0. The SMILES string of the molecule is COC1CC(NCc2ccc([N+](=O)[O-])cc2)C1(C)C. The Bertz CT molecular complexity index is 456. The van der Waals surface area contributed by atoms with Gasteiger partial charge in [0.25, 0.3) is 5.69 Å². The Balaban J connectivity index is 1.88. The third kappa shape index (κ3) is 2.77. The molecule has 1 aromatic carbocycles. The van der Waals surface area contributed by atoms with Gasteiger partial charge in [0.2, 0.25) is 0 Å². The smallest absolute Gasteiger partial charge is 0.269 e. The summed E-state index contributed by atoms with van der Waals surface area (Å²) in [5, 5.41) is 14.1. The van der Waals surface area contributed by atoms with Crippen molar-refractivity contribution in [3.8, 4) is 0 Å². The van der Waals surface area contributed by atoms with Crippen LogP contribution < -0.4 is 5.32 Å². The van der Waals surface area contributed by atoms with Gasteiger partial charge in [0.05, 0.1) is 11.0 Å². The van der Waals surface area contributed by atoms with E-state index in [1.807, 2.05) is 0 Å². The summed E-state index contributed by atoms with van der Waals surface area (Å²) < 4.78 is 5.41. The highest BCUT2D eigenvalue weighted by Gasteiger charge is 2.48. The molecule has 1 N–H and O–H groups in total. The van der Waals surface area contributed by atoms with Crippen LogP contribution >= 0.6 is 0 Å². The third-order valence-electron chi connectivity index (χ3n) is 4.16. The van der Waals surface area contributed by atoms with Gasteiger partial charge in [0.15, 0.2) is 0 Å². The summed E-state index contributed by atoms with van der Waals surface area (Å²) >= 11 is 0. The van der Waals surface area contributed by atoms with Crippen molar-refractivity contribution in [1.82, 2.24) is 5.32 Å². The molecule has 0 radical (unpaired) electrons. The van der Waals surface area contributed by atoms with Gasteiger partial charge in [-0.25, -0.2) is 0 Å². The van der Waals surface area contributed by atoms with Gasteiger partial charge < -0.3 is 10.1 Å². The van der Waals surface area contributed by atoms with Gasteiger partial charge in [-0.05, 0) is 12.0 Å². The molecule has 0 saturated heterocycles. The number of methoxy groups -OCH3 is 1. The van der Waals surface area contributed by atoms with Crippen LogP contribution in [0.5, 0.6) is 0 Å². The van der Waals surface area contributed by atoms with Gasteiger partial charge in [-0.3, -0.25) is 10.1 Å². The minimum atomic E-state index is -0.380. The monoisotopic (exact) mass is 264 g/mol. The number of nitro benzene ring substituents is 1. The van der Waals surface area contributed by atoms with Gasteiger partial charge in [0, 0.05) is 37.2 Å². The lowest BCUT2D eigenvalue weighted by molar-refractivity contribution is -0.384. The van der Waals surface area contributed by atoms with Crippen molar-refractivity contribution in [3.63, 3.8) is 0 Å². The molecule has 5 nitrogen and oxygen atoms in total. The maximum absolute atomic E-state index is 10.6. The Morgan fingerprint density at radius 1 is 1.42 bits per heavy atom. The first kappa shape index (κ1) is 14.0. The summed E-state index contributed by atoms with van der Waals surface area (Å²) in [5.41, 5.74) is 1.32. The van der Waals surface area contributed by atoms with Gasteiger partial charge in [0.1, 0.15) is 0 Å². The minimum Gasteiger partial charge on any atom is -0.381 e. The van der Waals surface area contributed by atoms with Crippen molar-refractivity contribution in [1.29, 1.82) is 0 Å². The van der Waals surface area contributed by atoms with E-state index in [0.29, 0.717) is 12.1 Å². The quantitative estimate of drug-likeness (QED) is 0.655. The maximum atomic E-state index is 10.6. The van der Waals surface area contributed by atoms with Crippen molar-refractivity contribution < 1.29 is 9.66 Å². The number of hydrogen-bond acceptors (Lipinski definition) is 4. The van der Waals surface area contributed by atoms with E-state index in [9.17, 15) is 10.1 Å². The van der Waals surface area contributed by atoms with Crippen molar-refractivity contribution in [2.75, 3.05) is 7.11 Å². The highest BCUT2D eigenvalue weighted by molar-refractivity contribution is 5.32. The highest BCUT2D eigenvalue weighted by Crippen LogP contribution is 2.42. The first-order chi connectivity index (χ1) is 8.95. The first-order valence-corrected chi connectivity index (χ1v) is 6.44. The lowest BCUT2D eigenvalue weighted by atomic mass is 9.64. The summed E-state index contributed by atoms with van der Waals surface area (Å²) in [6.45, 7) is 5.11. The van der Waals surface area contributed by atoms with Gasteiger partial charge >= 0.3 is 0 Å². The fourth-order valence-electron chi connectivity index (χ4n) is 2.61. The van der Waals surface area contributed by atoms with E-state index in [-0.39, 0.29) is 16.0 Å². The molecule has 19 heavy (non-hydrogen) atoms. The van der Waals surface area contributed by atoms with E-state index >= 15 is 0 Å². The molecule has 2 rings (SSSR count). The molecule has 104 valence electrons. The van der Waals surface area contributed by atoms with E-state index in [0.717, 1.165) is 18.5 Å². The largest absolute Gasteiger partial charge is 0.381 e. The van der Waals surface area contributed by atoms with Gasteiger partial charge in [-0.1, -0.05) is 26.0 Å². The molecule has 1 aromatic rings. The van der Waals surface area contributed by atoms with Crippen LogP contribution in [-0.4, -0.2) is 24.2 Å². The Hall–Kier alpha value is -1.46. The summed E-state index contributed by atoms with van der Waals surface area (Å²) in [7, 11) is 1.75. The predicted molar refractivity (Wildman–Crippen MR) is 72.9 cm³/mol. The second kappa shape index (κ2) is 5.27. The fraction of sp³-hybridized carbons (Fsp3) is 0.571. The molecular weight excluding hydrogens is 244 g/mol. The maximum Gasteiger partial charge on any atom is 0.269 e. The molecule has 0 bridgehead atoms. The predicted octanol–water partition coefficient (Wildman–Crippen LogP) is 2.50. The fourth-order valence-corrected chi connectivity index (χ4v) is 2.61. The second-order valence-corrected chi connectivity index (χ2v) is 5.64. The number of benzene rings is 1. The topological polar surface area (TPSA) is 64.4 Å². The van der Waals surface area contributed by atoms with Crippen molar-refractivity contribution in [3.05, 3.63) is 39.9 Å². The Labute approximate surface area is 113 Å². The van der Waals surface area contributed by atoms with Crippen molar-refractivity contribution in [2.45, 2.75) is 39.0 Å². The minimum absolute atomic E-state index is 0.132. The molecular formula is C14H20N2O3. The van der Waals surface area contributed by atoms with Crippen LogP contribution in [-0.2, 0) is 11.3 Å². The Morgan fingerprint density at radius 3 is 2.53 bits per heavy atom.